The van der Waals surface area contributed by atoms with Crippen LogP contribution < -0.4 is 10.6 Å². The van der Waals surface area contributed by atoms with Gasteiger partial charge in [-0.2, -0.15) is 0 Å². The maximum absolute atomic E-state index is 12.2. The molecule has 0 unspecified atom stereocenters. The number of likely N-dealkylation sites (tertiary alicyclic amines) is 1. The van der Waals surface area contributed by atoms with Crippen molar-refractivity contribution in [2.24, 2.45) is 0 Å². The van der Waals surface area contributed by atoms with E-state index in [-0.39, 0.29) is 18.0 Å². The van der Waals surface area contributed by atoms with Crippen LogP contribution in [0.3, 0.4) is 0 Å². The zero-order valence-corrected chi connectivity index (χ0v) is 15.5. The van der Waals surface area contributed by atoms with Crippen molar-refractivity contribution in [2.75, 3.05) is 20.2 Å². The number of benzene rings is 1. The Balaban J connectivity index is 1.71. The van der Waals surface area contributed by atoms with Gasteiger partial charge in [0.05, 0.1) is 6.04 Å². The van der Waals surface area contributed by atoms with E-state index in [0.717, 1.165) is 0 Å². The molecule has 26 heavy (non-hydrogen) atoms. The van der Waals surface area contributed by atoms with E-state index < -0.39 is 12.5 Å². The Morgan fingerprint density at radius 1 is 1.23 bits per heavy atom. The summed E-state index contributed by atoms with van der Waals surface area (Å²) in [4.78, 5) is 28.1. The lowest BCUT2D eigenvalue weighted by molar-refractivity contribution is -0.126. The number of rotatable bonds is 6. The first-order valence-corrected chi connectivity index (χ1v) is 9.42. The predicted molar refractivity (Wildman–Crippen MR) is 102 cm³/mol. The van der Waals surface area contributed by atoms with Gasteiger partial charge in [-0.25, -0.2) is 0 Å². The topological polar surface area (TPSA) is 81.7 Å². The largest absolute Gasteiger partial charge is 0.387 e. The second-order valence-electron chi connectivity index (χ2n) is 6.35. The van der Waals surface area contributed by atoms with Crippen LogP contribution in [0.4, 0.5) is 0 Å². The van der Waals surface area contributed by atoms with Crippen molar-refractivity contribution in [3.63, 3.8) is 0 Å². The molecular formula is C19H23N3O3S. The fraction of sp³-hybridized carbons (Fsp3) is 0.368. The molecule has 3 N–H and O–H groups in total. The summed E-state index contributed by atoms with van der Waals surface area (Å²) in [5.41, 5.74) is 1.18. The minimum Gasteiger partial charge on any atom is -0.387 e. The highest BCUT2D eigenvalue weighted by atomic mass is 32.1. The van der Waals surface area contributed by atoms with Gasteiger partial charge in [-0.3, -0.25) is 14.5 Å². The Kier molecular flexibility index (Phi) is 6.03. The molecule has 1 saturated heterocycles. The number of thiophene rings is 1. The van der Waals surface area contributed by atoms with Crippen molar-refractivity contribution in [3.8, 4) is 10.4 Å². The maximum atomic E-state index is 12.2. The van der Waals surface area contributed by atoms with Gasteiger partial charge < -0.3 is 15.7 Å². The van der Waals surface area contributed by atoms with Crippen molar-refractivity contribution in [1.82, 2.24) is 15.5 Å². The molecule has 1 aliphatic heterocycles. The van der Waals surface area contributed by atoms with Crippen LogP contribution in [0.2, 0.25) is 0 Å². The molecule has 0 spiro atoms. The first-order valence-electron chi connectivity index (χ1n) is 8.60. The third-order valence-corrected chi connectivity index (χ3v) is 5.66. The van der Waals surface area contributed by atoms with Gasteiger partial charge in [-0.1, -0.05) is 30.3 Å². The summed E-state index contributed by atoms with van der Waals surface area (Å²) in [6.07, 6.45) is 0.544. The predicted octanol–water partition coefficient (Wildman–Crippen LogP) is 1.21. The van der Waals surface area contributed by atoms with Crippen LogP contribution in [0.1, 0.15) is 11.3 Å². The second-order valence-corrected chi connectivity index (χ2v) is 7.52. The highest BCUT2D eigenvalue weighted by molar-refractivity contribution is 7.15. The molecule has 3 rings (SSSR count). The molecule has 2 atom stereocenters. The number of hydrogen-bond acceptors (Lipinski definition) is 5. The third-order valence-electron chi connectivity index (χ3n) is 4.54. The molecule has 0 bridgehead atoms. The lowest BCUT2D eigenvalue weighted by Crippen LogP contribution is -2.41. The summed E-state index contributed by atoms with van der Waals surface area (Å²) in [5.74, 6) is -0.458. The van der Waals surface area contributed by atoms with E-state index in [0.29, 0.717) is 19.5 Å². The molecule has 0 aliphatic carbocycles. The first kappa shape index (κ1) is 18.6. The maximum Gasteiger partial charge on any atom is 0.245 e. The Morgan fingerprint density at radius 3 is 2.69 bits per heavy atom. The van der Waals surface area contributed by atoms with Gasteiger partial charge >= 0.3 is 0 Å². The van der Waals surface area contributed by atoms with Gasteiger partial charge in [0.15, 0.2) is 0 Å². The number of aliphatic hydroxyl groups excluding tert-OH is 1. The highest BCUT2D eigenvalue weighted by Crippen LogP contribution is 2.30. The zero-order chi connectivity index (χ0) is 18.5. The SMILES string of the molecule is CNC(=O)[C@@H]1C[C@@H](NC(=O)CO)CN1Cc1ccc(-c2ccccc2)s1. The molecule has 7 heteroatoms. The van der Waals surface area contributed by atoms with Crippen LogP contribution in [0, 0.1) is 0 Å². The Labute approximate surface area is 156 Å². The van der Waals surface area contributed by atoms with Crippen LogP contribution in [-0.2, 0) is 16.1 Å². The molecule has 2 amide bonds. The standard InChI is InChI=1S/C19H23N3O3S/c1-20-19(25)16-9-14(21-18(24)12-23)10-22(16)11-15-7-8-17(26-15)13-5-3-2-4-6-13/h2-8,14,16,23H,9-12H2,1H3,(H,20,25)(H,21,24)/t14-,16+/m1/s1. The fourth-order valence-corrected chi connectivity index (χ4v) is 4.36. The Bertz CT molecular complexity index is 762. The first-order chi connectivity index (χ1) is 12.6. The quantitative estimate of drug-likeness (QED) is 0.711. The number of aliphatic hydroxyl groups is 1. The molecule has 1 fully saturated rings. The number of nitrogens with one attached hydrogen (secondary N) is 2. The summed E-state index contributed by atoms with van der Waals surface area (Å²) in [6, 6.07) is 14.0. The van der Waals surface area contributed by atoms with Crippen molar-refractivity contribution in [1.29, 1.82) is 0 Å². The summed E-state index contributed by atoms with van der Waals surface area (Å²) in [5, 5.41) is 14.4. The minimum absolute atomic E-state index is 0.0504. The molecular weight excluding hydrogens is 350 g/mol. The minimum atomic E-state index is -0.535. The van der Waals surface area contributed by atoms with E-state index in [1.165, 1.54) is 15.3 Å². The molecule has 0 radical (unpaired) electrons. The molecule has 1 aliphatic rings. The molecule has 2 heterocycles. The van der Waals surface area contributed by atoms with E-state index in [2.05, 4.69) is 39.8 Å². The van der Waals surface area contributed by atoms with E-state index in [4.69, 9.17) is 5.11 Å². The fourth-order valence-electron chi connectivity index (χ4n) is 3.32. The molecule has 1 aromatic heterocycles. The van der Waals surface area contributed by atoms with Crippen LogP contribution in [0.25, 0.3) is 10.4 Å². The summed E-state index contributed by atoms with van der Waals surface area (Å²) in [6.45, 7) is 0.704. The van der Waals surface area contributed by atoms with Crippen LogP contribution in [0.5, 0.6) is 0 Å². The molecule has 2 aromatic rings. The normalized spacial score (nSPS) is 20.1. The van der Waals surface area contributed by atoms with Gasteiger partial charge in [0.2, 0.25) is 11.8 Å². The molecule has 138 valence electrons. The second kappa shape index (κ2) is 8.44. The average Bonchev–Trinajstić information content (AvgIpc) is 3.29. The van der Waals surface area contributed by atoms with E-state index >= 15 is 0 Å². The third kappa shape index (κ3) is 4.30. The van der Waals surface area contributed by atoms with E-state index in [1.807, 2.05) is 18.2 Å². The van der Waals surface area contributed by atoms with Crippen LogP contribution in [0.15, 0.2) is 42.5 Å². The molecule has 0 saturated carbocycles. The molecule has 1 aromatic carbocycles. The average molecular weight is 373 g/mol. The summed E-state index contributed by atoms with van der Waals surface area (Å²) in [7, 11) is 1.62. The number of carbonyl (C=O) groups excluding carboxylic acids is 2. The van der Waals surface area contributed by atoms with Gasteiger partial charge in [-0.05, 0) is 24.1 Å². The van der Waals surface area contributed by atoms with Crippen molar-refractivity contribution >= 4 is 23.2 Å². The number of amides is 2. The summed E-state index contributed by atoms with van der Waals surface area (Å²) < 4.78 is 0. The van der Waals surface area contributed by atoms with E-state index in [1.54, 1.807) is 18.4 Å². The van der Waals surface area contributed by atoms with Gasteiger partial charge in [-0.15, -0.1) is 11.3 Å². The molecule has 6 nitrogen and oxygen atoms in total. The number of hydrogen-bond donors (Lipinski definition) is 3. The van der Waals surface area contributed by atoms with Gasteiger partial charge in [0.1, 0.15) is 6.61 Å². The number of nitrogens with zero attached hydrogens (tertiary/aromatic N) is 1. The van der Waals surface area contributed by atoms with Gasteiger partial charge in [0.25, 0.3) is 0 Å². The lowest BCUT2D eigenvalue weighted by atomic mass is 10.1. The summed E-state index contributed by atoms with van der Waals surface area (Å²) >= 11 is 1.71. The van der Waals surface area contributed by atoms with Gasteiger partial charge in [0, 0.05) is 35.9 Å². The monoisotopic (exact) mass is 373 g/mol. The smallest absolute Gasteiger partial charge is 0.245 e. The highest BCUT2D eigenvalue weighted by Gasteiger charge is 2.37. The lowest BCUT2D eigenvalue weighted by Gasteiger charge is -2.22. The van der Waals surface area contributed by atoms with Crippen LogP contribution in [-0.4, -0.2) is 54.1 Å². The van der Waals surface area contributed by atoms with Crippen molar-refractivity contribution in [3.05, 3.63) is 47.3 Å². The number of carbonyl (C=O) groups is 2. The zero-order valence-electron chi connectivity index (χ0n) is 14.6. The van der Waals surface area contributed by atoms with Crippen LogP contribution >= 0.6 is 11.3 Å². The van der Waals surface area contributed by atoms with E-state index in [9.17, 15) is 9.59 Å². The Hall–Kier alpha value is -2.22. The Morgan fingerprint density at radius 2 is 2.00 bits per heavy atom. The van der Waals surface area contributed by atoms with Crippen molar-refractivity contribution < 1.29 is 14.7 Å². The van der Waals surface area contributed by atoms with Crippen molar-refractivity contribution in [2.45, 2.75) is 25.0 Å². The number of likely N-dealkylation sites (N-methyl/N-ethyl adjacent to an activating group) is 1.